The van der Waals surface area contributed by atoms with Crippen LogP contribution in [0.1, 0.15) is 41.8 Å². The molecule has 0 aliphatic carbocycles. The maximum absolute atomic E-state index is 12.2. The summed E-state index contributed by atoms with van der Waals surface area (Å²) in [7, 11) is 0. The fourth-order valence-corrected chi connectivity index (χ4v) is 2.70. The largest absolute Gasteiger partial charge is 0.449 e. The summed E-state index contributed by atoms with van der Waals surface area (Å²) < 4.78 is 11.0. The molecular weight excluding hydrogens is 312 g/mol. The van der Waals surface area contributed by atoms with Crippen LogP contribution in [0.2, 0.25) is 0 Å². The number of nitrogens with zero attached hydrogens (tertiary/aromatic N) is 2. The molecule has 0 saturated carbocycles. The molecule has 0 bridgehead atoms. The monoisotopic (exact) mass is 328 g/mol. The van der Waals surface area contributed by atoms with Crippen LogP contribution in [0.25, 0.3) is 10.8 Å². The first kappa shape index (κ1) is 15.4. The first-order valence-electron chi connectivity index (χ1n) is 7.34. The van der Waals surface area contributed by atoms with E-state index in [0.29, 0.717) is 11.5 Å². The summed E-state index contributed by atoms with van der Waals surface area (Å²) >= 11 is 1.51. The van der Waals surface area contributed by atoms with Gasteiger partial charge >= 0.3 is 5.97 Å². The van der Waals surface area contributed by atoms with Gasteiger partial charge in [-0.05, 0) is 42.5 Å². The van der Waals surface area contributed by atoms with Crippen LogP contribution >= 0.6 is 11.3 Å². The summed E-state index contributed by atoms with van der Waals surface area (Å²) in [4.78, 5) is 13.0. The van der Waals surface area contributed by atoms with E-state index >= 15 is 0 Å². The minimum absolute atomic E-state index is 0.284. The van der Waals surface area contributed by atoms with Gasteiger partial charge < -0.3 is 9.15 Å². The highest BCUT2D eigenvalue weighted by molar-refractivity contribution is 7.13. The Morgan fingerprint density at radius 1 is 1.26 bits per heavy atom. The number of carbonyl (C=O) groups excluding carboxylic acids is 1. The third-order valence-corrected chi connectivity index (χ3v) is 4.26. The average molecular weight is 328 g/mol. The fourth-order valence-electron chi connectivity index (χ4n) is 2.05. The SMILES string of the molecule is CCc1ccc(C(=O)O[C@H](C)c2nnc(-c3cccs3)o2)cc1. The number of carbonyl (C=O) groups is 1. The molecule has 3 aromatic rings. The van der Waals surface area contributed by atoms with Crippen molar-refractivity contribution in [2.45, 2.75) is 26.4 Å². The number of ether oxygens (including phenoxy) is 1. The van der Waals surface area contributed by atoms with Gasteiger partial charge in [0.2, 0.25) is 0 Å². The molecule has 0 N–H and O–H groups in total. The Morgan fingerprint density at radius 3 is 2.70 bits per heavy atom. The molecule has 6 heteroatoms. The number of esters is 1. The molecule has 118 valence electrons. The lowest BCUT2D eigenvalue weighted by atomic mass is 10.1. The minimum Gasteiger partial charge on any atom is -0.449 e. The molecule has 0 radical (unpaired) electrons. The van der Waals surface area contributed by atoms with E-state index in [2.05, 4.69) is 17.1 Å². The summed E-state index contributed by atoms with van der Waals surface area (Å²) in [6.07, 6.45) is 0.328. The van der Waals surface area contributed by atoms with Gasteiger partial charge in [-0.3, -0.25) is 0 Å². The number of hydrogen-bond acceptors (Lipinski definition) is 6. The van der Waals surface area contributed by atoms with Crippen molar-refractivity contribution in [3.05, 3.63) is 58.8 Å². The molecule has 1 atom stereocenters. The Labute approximate surface area is 137 Å². The molecule has 0 unspecified atom stereocenters. The highest BCUT2D eigenvalue weighted by Crippen LogP contribution is 2.26. The van der Waals surface area contributed by atoms with Crippen LogP contribution in [-0.4, -0.2) is 16.2 Å². The zero-order chi connectivity index (χ0) is 16.2. The summed E-state index contributed by atoms with van der Waals surface area (Å²) in [6, 6.07) is 11.2. The molecule has 2 heterocycles. The van der Waals surface area contributed by atoms with Crippen LogP contribution in [0.3, 0.4) is 0 Å². The molecule has 0 amide bonds. The van der Waals surface area contributed by atoms with E-state index in [1.807, 2.05) is 29.6 Å². The predicted molar refractivity (Wildman–Crippen MR) is 87.3 cm³/mol. The van der Waals surface area contributed by atoms with Crippen molar-refractivity contribution in [3.8, 4) is 10.8 Å². The van der Waals surface area contributed by atoms with Crippen molar-refractivity contribution < 1.29 is 13.9 Å². The molecule has 23 heavy (non-hydrogen) atoms. The van der Waals surface area contributed by atoms with Crippen LogP contribution in [0.15, 0.2) is 46.2 Å². The Kier molecular flexibility index (Phi) is 4.52. The molecule has 0 spiro atoms. The van der Waals surface area contributed by atoms with E-state index in [4.69, 9.17) is 9.15 Å². The van der Waals surface area contributed by atoms with Gasteiger partial charge in [-0.25, -0.2) is 4.79 Å². The maximum atomic E-state index is 12.2. The maximum Gasteiger partial charge on any atom is 0.338 e. The first-order valence-corrected chi connectivity index (χ1v) is 8.22. The average Bonchev–Trinajstić information content (AvgIpc) is 3.25. The van der Waals surface area contributed by atoms with Crippen LogP contribution < -0.4 is 0 Å². The van der Waals surface area contributed by atoms with Crippen molar-refractivity contribution in [1.29, 1.82) is 0 Å². The molecule has 0 aliphatic heterocycles. The van der Waals surface area contributed by atoms with Gasteiger partial charge in [0.1, 0.15) is 0 Å². The van der Waals surface area contributed by atoms with E-state index in [1.54, 1.807) is 19.1 Å². The Morgan fingerprint density at radius 2 is 2.04 bits per heavy atom. The molecule has 1 aromatic carbocycles. The van der Waals surface area contributed by atoms with Crippen molar-refractivity contribution in [2.24, 2.45) is 0 Å². The van der Waals surface area contributed by atoms with E-state index in [0.717, 1.165) is 11.3 Å². The second kappa shape index (κ2) is 6.75. The van der Waals surface area contributed by atoms with E-state index < -0.39 is 12.1 Å². The number of rotatable bonds is 5. The van der Waals surface area contributed by atoms with Gasteiger partial charge in [-0.1, -0.05) is 25.1 Å². The second-order valence-electron chi connectivity index (χ2n) is 5.02. The number of aryl methyl sites for hydroxylation is 1. The lowest BCUT2D eigenvalue weighted by molar-refractivity contribution is 0.0280. The lowest BCUT2D eigenvalue weighted by Crippen LogP contribution is -2.09. The van der Waals surface area contributed by atoms with Gasteiger partial charge in [0.25, 0.3) is 11.8 Å². The van der Waals surface area contributed by atoms with Crippen LogP contribution in [-0.2, 0) is 11.2 Å². The standard InChI is InChI=1S/C17H16N2O3S/c1-3-12-6-8-13(9-7-12)17(20)21-11(2)15-18-19-16(22-15)14-5-4-10-23-14/h4-11H,3H2,1-2H3/t11-/m1/s1. The minimum atomic E-state index is -0.602. The molecule has 0 fully saturated rings. The van der Waals surface area contributed by atoms with Crippen LogP contribution in [0.4, 0.5) is 0 Å². The third-order valence-electron chi connectivity index (χ3n) is 3.40. The van der Waals surface area contributed by atoms with Gasteiger partial charge in [0.05, 0.1) is 10.4 Å². The smallest absolute Gasteiger partial charge is 0.338 e. The summed E-state index contributed by atoms with van der Waals surface area (Å²) in [5.41, 5.74) is 1.68. The van der Waals surface area contributed by atoms with E-state index in [9.17, 15) is 4.79 Å². The fraction of sp³-hybridized carbons (Fsp3) is 0.235. The molecule has 3 rings (SSSR count). The second-order valence-corrected chi connectivity index (χ2v) is 5.97. The zero-order valence-electron chi connectivity index (χ0n) is 12.9. The molecule has 5 nitrogen and oxygen atoms in total. The Bertz CT molecular complexity index is 779. The van der Waals surface area contributed by atoms with Crippen molar-refractivity contribution in [2.75, 3.05) is 0 Å². The van der Waals surface area contributed by atoms with Gasteiger partial charge in [-0.2, -0.15) is 0 Å². The summed E-state index contributed by atoms with van der Waals surface area (Å²) in [5.74, 6) is 0.313. The predicted octanol–water partition coefficient (Wildman–Crippen LogP) is 4.28. The Hall–Kier alpha value is -2.47. The number of thiophene rings is 1. The third kappa shape index (κ3) is 3.48. The molecule has 2 aromatic heterocycles. The number of hydrogen-bond donors (Lipinski definition) is 0. The highest BCUT2D eigenvalue weighted by atomic mass is 32.1. The summed E-state index contributed by atoms with van der Waals surface area (Å²) in [6.45, 7) is 3.78. The molecule has 0 saturated heterocycles. The van der Waals surface area contributed by atoms with Crippen molar-refractivity contribution >= 4 is 17.3 Å². The van der Waals surface area contributed by atoms with Gasteiger partial charge in [-0.15, -0.1) is 21.5 Å². The lowest BCUT2D eigenvalue weighted by Gasteiger charge is -2.09. The normalized spacial score (nSPS) is 12.1. The number of aromatic nitrogens is 2. The Balaban J connectivity index is 1.68. The van der Waals surface area contributed by atoms with Crippen molar-refractivity contribution in [1.82, 2.24) is 10.2 Å². The first-order chi connectivity index (χ1) is 11.2. The molecule has 0 aliphatic rings. The summed E-state index contributed by atoms with van der Waals surface area (Å²) in [5, 5.41) is 9.88. The quantitative estimate of drug-likeness (QED) is 0.654. The van der Waals surface area contributed by atoms with Crippen LogP contribution in [0.5, 0.6) is 0 Å². The van der Waals surface area contributed by atoms with E-state index in [1.165, 1.54) is 16.9 Å². The van der Waals surface area contributed by atoms with E-state index in [-0.39, 0.29) is 5.89 Å². The van der Waals surface area contributed by atoms with Crippen molar-refractivity contribution in [3.63, 3.8) is 0 Å². The topological polar surface area (TPSA) is 65.2 Å². The highest BCUT2D eigenvalue weighted by Gasteiger charge is 2.20. The number of benzene rings is 1. The van der Waals surface area contributed by atoms with Gasteiger partial charge in [0.15, 0.2) is 6.10 Å². The molecular formula is C17H16N2O3S. The van der Waals surface area contributed by atoms with Gasteiger partial charge in [0, 0.05) is 0 Å². The van der Waals surface area contributed by atoms with Crippen LogP contribution in [0, 0.1) is 0 Å². The zero-order valence-corrected chi connectivity index (χ0v) is 13.7.